The van der Waals surface area contributed by atoms with Crippen LogP contribution in [0.5, 0.6) is 0 Å². The van der Waals surface area contributed by atoms with Gasteiger partial charge in [-0.2, -0.15) is 0 Å². The number of hydrogen-bond donors (Lipinski definition) is 2. The minimum atomic E-state index is -0.391. The second-order valence-corrected chi connectivity index (χ2v) is 6.86. The van der Waals surface area contributed by atoms with Gasteiger partial charge in [-0.25, -0.2) is 9.50 Å². The fourth-order valence-electron chi connectivity index (χ4n) is 3.14. The summed E-state index contributed by atoms with van der Waals surface area (Å²) in [6.07, 6.45) is 1.30. The van der Waals surface area contributed by atoms with Gasteiger partial charge in [0.05, 0.1) is 18.3 Å². The van der Waals surface area contributed by atoms with Gasteiger partial charge >= 0.3 is 0 Å². The zero-order valence-corrected chi connectivity index (χ0v) is 14.7. The van der Waals surface area contributed by atoms with E-state index >= 15 is 0 Å². The molecule has 0 saturated carbocycles. The van der Waals surface area contributed by atoms with Crippen LogP contribution in [0.15, 0.2) is 16.9 Å². The number of nitrogens with one attached hydrogen (secondary N) is 2. The van der Waals surface area contributed by atoms with Crippen molar-refractivity contribution in [3.05, 3.63) is 33.9 Å². The van der Waals surface area contributed by atoms with Crippen LogP contribution in [0, 0.1) is 12.8 Å². The molecule has 1 aliphatic rings. The molecular formula is C17H23N5O3. The van der Waals surface area contributed by atoms with E-state index in [2.05, 4.69) is 15.4 Å². The predicted octanol–water partition coefficient (Wildman–Crippen LogP) is 0.767. The molecule has 0 aromatic carbocycles. The summed E-state index contributed by atoms with van der Waals surface area (Å²) in [7, 11) is 0. The zero-order valence-electron chi connectivity index (χ0n) is 14.7. The number of hydrogen-bond acceptors (Lipinski definition) is 4. The second kappa shape index (κ2) is 6.70. The Kier molecular flexibility index (Phi) is 4.61. The molecular weight excluding hydrogens is 322 g/mol. The molecule has 2 aromatic heterocycles. The Bertz CT molecular complexity index is 867. The molecule has 1 atom stereocenters. The lowest BCUT2D eigenvalue weighted by Gasteiger charge is -2.23. The van der Waals surface area contributed by atoms with E-state index in [4.69, 9.17) is 0 Å². The highest BCUT2D eigenvalue weighted by atomic mass is 16.2. The van der Waals surface area contributed by atoms with Crippen molar-refractivity contribution in [2.75, 3.05) is 13.1 Å². The summed E-state index contributed by atoms with van der Waals surface area (Å²) >= 11 is 0. The first-order valence-corrected chi connectivity index (χ1v) is 8.51. The van der Waals surface area contributed by atoms with Crippen molar-refractivity contribution in [2.24, 2.45) is 5.92 Å². The number of aryl methyl sites for hydroxylation is 1. The topological polar surface area (TPSA) is 99.6 Å². The smallest absolute Gasteiger partial charge is 0.272 e. The number of aromatic nitrogens is 3. The van der Waals surface area contributed by atoms with Crippen molar-refractivity contribution in [1.82, 2.24) is 24.8 Å². The van der Waals surface area contributed by atoms with E-state index in [0.29, 0.717) is 24.3 Å². The van der Waals surface area contributed by atoms with Crippen molar-refractivity contribution in [3.63, 3.8) is 0 Å². The summed E-state index contributed by atoms with van der Waals surface area (Å²) in [5, 5.41) is 5.85. The highest BCUT2D eigenvalue weighted by Gasteiger charge is 2.26. The first-order valence-electron chi connectivity index (χ1n) is 8.51. The number of amides is 2. The van der Waals surface area contributed by atoms with Crippen LogP contribution in [0.4, 0.5) is 0 Å². The van der Waals surface area contributed by atoms with Gasteiger partial charge in [0.1, 0.15) is 0 Å². The Morgan fingerprint density at radius 2 is 2.12 bits per heavy atom. The Morgan fingerprint density at radius 1 is 1.36 bits per heavy atom. The van der Waals surface area contributed by atoms with E-state index < -0.39 is 6.04 Å². The molecule has 3 rings (SSSR count). The zero-order chi connectivity index (χ0) is 18.1. The molecule has 2 amide bonds. The van der Waals surface area contributed by atoms with E-state index in [1.54, 1.807) is 11.0 Å². The van der Waals surface area contributed by atoms with Crippen LogP contribution in [-0.4, -0.2) is 44.4 Å². The van der Waals surface area contributed by atoms with E-state index in [1.165, 1.54) is 10.6 Å². The van der Waals surface area contributed by atoms with Gasteiger partial charge in [-0.3, -0.25) is 19.5 Å². The third-order valence-corrected chi connectivity index (χ3v) is 4.41. The summed E-state index contributed by atoms with van der Waals surface area (Å²) in [5.74, 6) is -0.175. The van der Waals surface area contributed by atoms with Crippen LogP contribution >= 0.6 is 0 Å². The quantitative estimate of drug-likeness (QED) is 0.836. The number of fused-ring (bicyclic) bond motifs is 1. The van der Waals surface area contributed by atoms with Crippen LogP contribution in [0.3, 0.4) is 0 Å². The van der Waals surface area contributed by atoms with Crippen molar-refractivity contribution in [2.45, 2.75) is 39.7 Å². The third-order valence-electron chi connectivity index (χ3n) is 4.41. The molecule has 1 saturated heterocycles. The lowest BCUT2D eigenvalue weighted by Crippen LogP contribution is -2.41. The van der Waals surface area contributed by atoms with Gasteiger partial charge in [0, 0.05) is 30.8 Å². The van der Waals surface area contributed by atoms with E-state index in [0.717, 1.165) is 12.1 Å². The lowest BCUT2D eigenvalue weighted by atomic mass is 10.0. The highest BCUT2D eigenvalue weighted by molar-refractivity contribution is 5.86. The number of rotatable bonds is 5. The number of aromatic amines is 1. The Labute approximate surface area is 145 Å². The molecule has 0 spiro atoms. The molecule has 2 aromatic rings. The summed E-state index contributed by atoms with van der Waals surface area (Å²) in [5.41, 5.74) is 1.66. The van der Waals surface area contributed by atoms with Crippen LogP contribution < -0.4 is 10.9 Å². The van der Waals surface area contributed by atoms with Gasteiger partial charge in [-0.15, -0.1) is 0 Å². The lowest BCUT2D eigenvalue weighted by molar-refractivity contribution is -0.133. The summed E-state index contributed by atoms with van der Waals surface area (Å²) < 4.78 is 1.38. The van der Waals surface area contributed by atoms with Gasteiger partial charge in [-0.05, 0) is 19.3 Å². The number of nitrogens with zero attached hydrogens (tertiary/aromatic N) is 3. The first-order chi connectivity index (χ1) is 11.8. The van der Waals surface area contributed by atoms with Crippen molar-refractivity contribution < 1.29 is 9.59 Å². The van der Waals surface area contributed by atoms with Crippen LogP contribution in [0.1, 0.15) is 44.1 Å². The second-order valence-electron chi connectivity index (χ2n) is 6.86. The normalized spacial score (nSPS) is 16.0. The molecule has 0 aliphatic carbocycles. The van der Waals surface area contributed by atoms with Gasteiger partial charge in [0.25, 0.3) is 5.56 Å². The molecule has 0 unspecified atom stereocenters. The molecule has 0 radical (unpaired) electrons. The van der Waals surface area contributed by atoms with Crippen molar-refractivity contribution in [3.8, 4) is 0 Å². The van der Waals surface area contributed by atoms with E-state index in [9.17, 15) is 14.4 Å². The minimum absolute atomic E-state index is 0.0110. The number of carbonyl (C=O) groups is 2. The van der Waals surface area contributed by atoms with Crippen LogP contribution in [-0.2, 0) is 9.59 Å². The highest BCUT2D eigenvalue weighted by Crippen LogP contribution is 2.20. The minimum Gasteiger partial charge on any atom is -0.346 e. The van der Waals surface area contributed by atoms with Gasteiger partial charge in [0.2, 0.25) is 11.8 Å². The molecule has 134 valence electrons. The molecule has 8 nitrogen and oxygen atoms in total. The van der Waals surface area contributed by atoms with Crippen LogP contribution in [0.25, 0.3) is 5.65 Å². The van der Waals surface area contributed by atoms with Crippen molar-refractivity contribution >= 4 is 17.5 Å². The summed E-state index contributed by atoms with van der Waals surface area (Å²) in [4.78, 5) is 42.4. The van der Waals surface area contributed by atoms with Gasteiger partial charge in [0.15, 0.2) is 5.65 Å². The maximum Gasteiger partial charge on any atom is 0.272 e. The molecule has 0 bridgehead atoms. The maximum atomic E-state index is 12.4. The fraction of sp³-hybridized carbons (Fsp3) is 0.529. The molecule has 25 heavy (non-hydrogen) atoms. The maximum absolute atomic E-state index is 12.4. The Morgan fingerprint density at radius 3 is 2.76 bits per heavy atom. The third kappa shape index (κ3) is 3.57. The van der Waals surface area contributed by atoms with Gasteiger partial charge < -0.3 is 10.2 Å². The molecule has 1 aliphatic heterocycles. The van der Waals surface area contributed by atoms with E-state index in [-0.39, 0.29) is 29.8 Å². The average molecular weight is 345 g/mol. The fourth-order valence-corrected chi connectivity index (χ4v) is 3.14. The molecule has 3 heterocycles. The number of H-pyrrole nitrogens is 1. The van der Waals surface area contributed by atoms with Gasteiger partial charge in [-0.1, -0.05) is 13.8 Å². The monoisotopic (exact) mass is 345 g/mol. The predicted molar refractivity (Wildman–Crippen MR) is 92.1 cm³/mol. The first kappa shape index (κ1) is 17.2. The number of likely N-dealkylation sites (tertiary alicyclic amines) is 1. The van der Waals surface area contributed by atoms with Crippen molar-refractivity contribution in [1.29, 1.82) is 0 Å². The standard InChI is InChI=1S/C17H23N5O3/c1-10(2)17(19-14(23)9-21-6-4-5-15(21)24)12-8-16(25)22-13(18-12)7-11(3)20-22/h7-8,10,17,20H,4-6,9H2,1-3H3,(H,19,23)/t17-/m1/s1. The molecule has 8 heteroatoms. The molecule has 1 fully saturated rings. The largest absolute Gasteiger partial charge is 0.346 e. The SMILES string of the molecule is Cc1cc2nc([C@H](NC(=O)CN3CCCC3=O)C(C)C)cc(=O)n2[nH]1. The summed E-state index contributed by atoms with van der Waals surface area (Å²) in [6.45, 7) is 6.43. The average Bonchev–Trinajstić information content (AvgIpc) is 3.10. The molecule has 2 N–H and O–H groups in total. The summed E-state index contributed by atoms with van der Waals surface area (Å²) in [6, 6.07) is 2.83. The Hall–Kier alpha value is -2.64. The van der Waals surface area contributed by atoms with E-state index in [1.807, 2.05) is 20.8 Å². The van der Waals surface area contributed by atoms with Crippen LogP contribution in [0.2, 0.25) is 0 Å². The Balaban J connectivity index is 1.82. The number of carbonyl (C=O) groups excluding carboxylic acids is 2.